The minimum absolute atomic E-state index is 0.0659. The van der Waals surface area contributed by atoms with E-state index in [0.29, 0.717) is 29.0 Å². The van der Waals surface area contributed by atoms with Gasteiger partial charge in [-0.15, -0.1) is 0 Å². The summed E-state index contributed by atoms with van der Waals surface area (Å²) >= 11 is 0. The molecular formula is C24H21F4N5O2. The van der Waals surface area contributed by atoms with Gasteiger partial charge in [0, 0.05) is 21.6 Å². The highest BCUT2D eigenvalue weighted by atomic mass is 19.4. The van der Waals surface area contributed by atoms with Crippen molar-refractivity contribution in [3.63, 3.8) is 0 Å². The number of hydrogen-bond acceptors (Lipinski definition) is 5. The number of aliphatic hydroxyl groups is 1. The summed E-state index contributed by atoms with van der Waals surface area (Å²) in [6.45, 7) is 0.757. The van der Waals surface area contributed by atoms with Crippen LogP contribution < -0.4 is 11.1 Å². The maximum absolute atomic E-state index is 13.7. The van der Waals surface area contributed by atoms with Crippen molar-refractivity contribution in [2.24, 2.45) is 0 Å². The molecule has 11 heteroatoms. The van der Waals surface area contributed by atoms with E-state index < -0.39 is 42.0 Å². The van der Waals surface area contributed by atoms with E-state index in [1.807, 2.05) is 0 Å². The second-order valence-electron chi connectivity index (χ2n) is 7.96. The third kappa shape index (κ3) is 4.67. The number of aliphatic hydroxyl groups excluding tert-OH is 1. The van der Waals surface area contributed by atoms with Gasteiger partial charge in [-0.05, 0) is 62.2 Å². The van der Waals surface area contributed by atoms with E-state index in [-0.39, 0.29) is 34.6 Å². The molecule has 0 aliphatic rings. The van der Waals surface area contributed by atoms with Gasteiger partial charge in [0.15, 0.2) is 6.10 Å². The minimum Gasteiger partial charge on any atom is -0.382 e. The van der Waals surface area contributed by atoms with Crippen LogP contribution in [0.1, 0.15) is 38.4 Å². The van der Waals surface area contributed by atoms with Crippen LogP contribution in [-0.2, 0) is 11.0 Å². The van der Waals surface area contributed by atoms with Crippen LogP contribution in [0, 0.1) is 26.5 Å². The van der Waals surface area contributed by atoms with E-state index in [1.54, 1.807) is 13.8 Å². The molecule has 0 spiro atoms. The van der Waals surface area contributed by atoms with Crippen LogP contribution in [0.4, 0.5) is 29.1 Å². The standard InChI is InChI=1S/C24H21F4N5O2/c1-11-6-17(32-23(35)21(34)14-7-15(24(26,27)28)9-16(25)8-14)4-5-18(11)19-20-22(29)30-12(2)10-33(20)13(3)31-19/h4-10,21,34H,1-3H3,(H2,29,30)(H,32,35)/t21-/m0/s1/i3D3. The first-order valence-corrected chi connectivity index (χ1v) is 10.2. The lowest BCUT2D eigenvalue weighted by Gasteiger charge is -2.15. The zero-order valence-electron chi connectivity index (χ0n) is 21.4. The molecule has 2 heterocycles. The normalized spacial score (nSPS) is 14.3. The monoisotopic (exact) mass is 490 g/mol. The SMILES string of the molecule is [2H]C([2H])([2H])c1nc(-c2ccc(NC(=O)[C@@H](O)c3cc(F)cc(C(F)(F)F)c3)cc2C)c2c(N)nc(C)cn12. The lowest BCUT2D eigenvalue weighted by Crippen LogP contribution is -2.21. The van der Waals surface area contributed by atoms with Crippen molar-refractivity contribution >= 4 is 22.9 Å². The Kier molecular flexibility index (Phi) is 5.04. The summed E-state index contributed by atoms with van der Waals surface area (Å²) < 4.78 is 77.6. The van der Waals surface area contributed by atoms with Crippen molar-refractivity contribution in [1.82, 2.24) is 14.4 Å². The number of nitrogens with zero attached hydrogens (tertiary/aromatic N) is 3. The van der Waals surface area contributed by atoms with Gasteiger partial charge in [-0.3, -0.25) is 9.20 Å². The van der Waals surface area contributed by atoms with Gasteiger partial charge in [0.05, 0.1) is 11.3 Å². The first kappa shape index (κ1) is 20.4. The quantitative estimate of drug-likeness (QED) is 0.359. The van der Waals surface area contributed by atoms with Gasteiger partial charge in [-0.1, -0.05) is 6.07 Å². The number of carbonyl (C=O) groups is 1. The number of alkyl halides is 3. The average Bonchev–Trinajstić information content (AvgIpc) is 3.17. The molecule has 0 fully saturated rings. The van der Waals surface area contributed by atoms with Crippen LogP contribution in [0.5, 0.6) is 0 Å². The number of halogens is 4. The first-order chi connectivity index (χ1) is 17.6. The molecule has 182 valence electrons. The second-order valence-corrected chi connectivity index (χ2v) is 7.96. The van der Waals surface area contributed by atoms with Gasteiger partial charge in [0.25, 0.3) is 5.91 Å². The van der Waals surface area contributed by atoms with E-state index in [9.17, 15) is 27.5 Å². The molecule has 4 N–H and O–H groups in total. The summed E-state index contributed by atoms with van der Waals surface area (Å²) in [6.07, 6.45) is -5.44. The predicted octanol–water partition coefficient (Wildman–Crippen LogP) is 4.73. The average molecular weight is 490 g/mol. The van der Waals surface area contributed by atoms with Crippen molar-refractivity contribution in [2.75, 3.05) is 11.1 Å². The molecule has 0 bridgehead atoms. The fraction of sp³-hybridized carbons (Fsp3) is 0.208. The zero-order chi connectivity index (χ0) is 28.2. The summed E-state index contributed by atoms with van der Waals surface area (Å²) in [7, 11) is 0. The number of fused-ring (bicyclic) bond motifs is 1. The van der Waals surface area contributed by atoms with Gasteiger partial charge in [-0.25, -0.2) is 14.4 Å². The van der Waals surface area contributed by atoms with E-state index in [2.05, 4.69) is 15.3 Å². The van der Waals surface area contributed by atoms with Gasteiger partial charge >= 0.3 is 6.18 Å². The molecule has 7 nitrogen and oxygen atoms in total. The number of aryl methyl sites for hydroxylation is 3. The predicted molar refractivity (Wildman–Crippen MR) is 122 cm³/mol. The topological polar surface area (TPSA) is 106 Å². The molecule has 2 aromatic carbocycles. The number of hydrogen-bond donors (Lipinski definition) is 3. The fourth-order valence-corrected chi connectivity index (χ4v) is 3.75. The number of imidazole rings is 1. The third-order valence-electron chi connectivity index (χ3n) is 5.33. The van der Waals surface area contributed by atoms with Crippen LogP contribution in [0.2, 0.25) is 0 Å². The summed E-state index contributed by atoms with van der Waals surface area (Å²) in [5.41, 5.74) is 6.38. The molecule has 1 amide bonds. The Morgan fingerprint density at radius 2 is 1.94 bits per heavy atom. The van der Waals surface area contributed by atoms with Crippen LogP contribution in [-0.4, -0.2) is 25.4 Å². The number of nitrogens with two attached hydrogens (primary N) is 1. The molecule has 0 unspecified atom stereocenters. The first-order valence-electron chi connectivity index (χ1n) is 11.7. The van der Waals surface area contributed by atoms with Crippen LogP contribution in [0.25, 0.3) is 16.8 Å². The van der Waals surface area contributed by atoms with Gasteiger partial charge in [-0.2, -0.15) is 13.2 Å². The number of benzene rings is 2. The van der Waals surface area contributed by atoms with Gasteiger partial charge in [0.1, 0.15) is 28.7 Å². The van der Waals surface area contributed by atoms with Crippen molar-refractivity contribution < 1.29 is 31.6 Å². The Hall–Kier alpha value is -3.99. The molecular weight excluding hydrogens is 466 g/mol. The minimum atomic E-state index is -4.87. The Balaban J connectivity index is 1.67. The summed E-state index contributed by atoms with van der Waals surface area (Å²) in [4.78, 5) is 21.1. The van der Waals surface area contributed by atoms with Crippen LogP contribution in [0.3, 0.4) is 0 Å². The van der Waals surface area contributed by atoms with E-state index in [4.69, 9.17) is 9.85 Å². The van der Waals surface area contributed by atoms with Crippen molar-refractivity contribution in [3.8, 4) is 11.3 Å². The van der Waals surface area contributed by atoms with Crippen LogP contribution in [0.15, 0.2) is 42.6 Å². The van der Waals surface area contributed by atoms with Crippen molar-refractivity contribution in [3.05, 3.63) is 76.6 Å². The number of nitrogens with one attached hydrogen (secondary N) is 1. The van der Waals surface area contributed by atoms with Crippen molar-refractivity contribution in [1.29, 1.82) is 0 Å². The lowest BCUT2D eigenvalue weighted by molar-refractivity contribution is -0.138. The maximum Gasteiger partial charge on any atom is 0.416 e. The maximum atomic E-state index is 13.7. The Morgan fingerprint density at radius 3 is 2.60 bits per heavy atom. The number of anilines is 2. The summed E-state index contributed by atoms with van der Waals surface area (Å²) in [6, 6.07) is 5.85. The molecule has 0 aliphatic heterocycles. The highest BCUT2D eigenvalue weighted by Crippen LogP contribution is 2.33. The molecule has 0 saturated carbocycles. The Morgan fingerprint density at radius 1 is 1.20 bits per heavy atom. The van der Waals surface area contributed by atoms with Crippen molar-refractivity contribution in [2.45, 2.75) is 33.0 Å². The Bertz CT molecular complexity index is 1570. The number of nitrogen functional groups attached to an aromatic ring is 1. The van der Waals surface area contributed by atoms with E-state index in [0.717, 1.165) is 0 Å². The zero-order valence-corrected chi connectivity index (χ0v) is 18.4. The molecule has 1 atom stereocenters. The molecule has 2 aromatic heterocycles. The molecule has 4 rings (SSSR count). The molecule has 0 radical (unpaired) electrons. The Labute approximate surface area is 201 Å². The number of rotatable bonds is 4. The van der Waals surface area contributed by atoms with Gasteiger partial charge < -0.3 is 16.2 Å². The van der Waals surface area contributed by atoms with Crippen LogP contribution >= 0.6 is 0 Å². The third-order valence-corrected chi connectivity index (χ3v) is 5.33. The fourth-order valence-electron chi connectivity index (χ4n) is 3.75. The number of aromatic nitrogens is 3. The summed E-state index contributed by atoms with van der Waals surface area (Å²) in [5, 5.41) is 12.7. The highest BCUT2D eigenvalue weighted by Gasteiger charge is 2.32. The largest absolute Gasteiger partial charge is 0.416 e. The molecule has 0 aliphatic carbocycles. The molecule has 35 heavy (non-hydrogen) atoms. The lowest BCUT2D eigenvalue weighted by atomic mass is 10.0. The second kappa shape index (κ2) is 8.66. The highest BCUT2D eigenvalue weighted by molar-refractivity contribution is 5.95. The molecule has 4 aromatic rings. The van der Waals surface area contributed by atoms with E-state index in [1.165, 1.54) is 28.8 Å². The molecule has 0 saturated heterocycles. The van der Waals surface area contributed by atoms with Gasteiger partial charge in [0.2, 0.25) is 0 Å². The summed E-state index contributed by atoms with van der Waals surface area (Å²) in [5.74, 6) is -2.49. The smallest absolute Gasteiger partial charge is 0.382 e. The van der Waals surface area contributed by atoms with E-state index >= 15 is 0 Å². The number of carbonyl (C=O) groups excluding carboxylic acids is 1. The number of amides is 1.